The average molecular weight is 597 g/mol. The van der Waals surface area contributed by atoms with Gasteiger partial charge in [-0.15, -0.1) is 0 Å². The van der Waals surface area contributed by atoms with Gasteiger partial charge in [-0.3, -0.25) is 28.4 Å². The number of benzene rings is 1. The molecule has 0 unspecified atom stereocenters. The van der Waals surface area contributed by atoms with Gasteiger partial charge < -0.3 is 15.8 Å². The van der Waals surface area contributed by atoms with Crippen LogP contribution in [0.2, 0.25) is 0 Å². The monoisotopic (exact) mass is 596 g/mol. The predicted octanol–water partition coefficient (Wildman–Crippen LogP) is 2.12. The molecule has 1 saturated heterocycles. The van der Waals surface area contributed by atoms with Gasteiger partial charge in [0.25, 0.3) is 5.56 Å². The highest BCUT2D eigenvalue weighted by Gasteiger charge is 2.33. The number of aromatic nitrogens is 3. The zero-order valence-corrected chi connectivity index (χ0v) is 23.9. The van der Waals surface area contributed by atoms with Crippen LogP contribution in [-0.4, -0.2) is 62.7 Å². The Morgan fingerprint density at radius 3 is 2.52 bits per heavy atom. The normalized spacial score (nSPS) is 23.2. The Kier molecular flexibility index (Phi) is 8.04. The number of ether oxygens (including phenoxy) is 1. The van der Waals surface area contributed by atoms with Crippen molar-refractivity contribution < 1.29 is 18.7 Å². The number of amides is 2. The lowest BCUT2D eigenvalue weighted by atomic mass is 9.91. The molecule has 11 nitrogen and oxygen atoms in total. The summed E-state index contributed by atoms with van der Waals surface area (Å²) < 4.78 is 22.7. The van der Waals surface area contributed by atoms with Crippen LogP contribution in [0, 0.1) is 5.82 Å². The van der Waals surface area contributed by atoms with E-state index in [2.05, 4.69) is 10.3 Å². The lowest BCUT2D eigenvalue weighted by Crippen LogP contribution is -2.50. The van der Waals surface area contributed by atoms with Crippen LogP contribution >= 0.6 is 11.8 Å². The number of halogens is 1. The van der Waals surface area contributed by atoms with Gasteiger partial charge in [-0.05, 0) is 68.2 Å². The summed E-state index contributed by atoms with van der Waals surface area (Å²) in [5.41, 5.74) is 5.75. The maximum Gasteiger partial charge on any atom is 0.333 e. The molecule has 42 heavy (non-hydrogen) atoms. The number of fused-ring (bicyclic) bond motifs is 2. The van der Waals surface area contributed by atoms with E-state index in [4.69, 9.17) is 10.5 Å². The smallest absolute Gasteiger partial charge is 0.333 e. The van der Waals surface area contributed by atoms with Gasteiger partial charge in [0.05, 0.1) is 17.3 Å². The number of carbonyl (C=O) groups is 2. The highest BCUT2D eigenvalue weighted by Crippen LogP contribution is 2.32. The molecule has 2 amide bonds. The fourth-order valence-electron chi connectivity index (χ4n) is 6.23. The molecule has 1 saturated carbocycles. The molecular weight excluding hydrogens is 563 g/mol. The van der Waals surface area contributed by atoms with E-state index in [1.165, 1.54) is 15.5 Å². The Balaban J connectivity index is 1.19. The van der Waals surface area contributed by atoms with E-state index < -0.39 is 29.0 Å². The summed E-state index contributed by atoms with van der Waals surface area (Å²) >= 11 is 1.82. The molecule has 6 rings (SSSR count). The fraction of sp³-hybridized carbons (Fsp3) is 0.483. The zero-order chi connectivity index (χ0) is 29.4. The van der Waals surface area contributed by atoms with Crippen LogP contribution in [0.4, 0.5) is 10.1 Å². The summed E-state index contributed by atoms with van der Waals surface area (Å²) in [7, 11) is 0. The second-order valence-corrected chi connectivity index (χ2v) is 12.3. The van der Waals surface area contributed by atoms with Gasteiger partial charge in [0.2, 0.25) is 11.8 Å². The maximum atomic E-state index is 14.2. The summed E-state index contributed by atoms with van der Waals surface area (Å²) in [6.45, 7) is -0.184. The minimum Gasteiger partial charge on any atom is -0.489 e. The van der Waals surface area contributed by atoms with E-state index in [-0.39, 0.29) is 48.2 Å². The van der Waals surface area contributed by atoms with Crippen LogP contribution in [0.1, 0.15) is 50.6 Å². The summed E-state index contributed by atoms with van der Waals surface area (Å²) in [6, 6.07) is 6.59. The zero-order valence-electron chi connectivity index (χ0n) is 23.0. The van der Waals surface area contributed by atoms with Gasteiger partial charge in [-0.2, -0.15) is 11.8 Å². The molecule has 1 atom stereocenters. The number of hydrogen-bond donors (Lipinski definition) is 2. The molecule has 13 heteroatoms. The minimum absolute atomic E-state index is 0.0240. The van der Waals surface area contributed by atoms with Gasteiger partial charge in [0.1, 0.15) is 36.4 Å². The molecular formula is C29H33FN6O5S. The number of para-hydroxylation sites is 2. The molecule has 2 aromatic heterocycles. The van der Waals surface area contributed by atoms with Crippen molar-refractivity contribution in [1.29, 1.82) is 0 Å². The van der Waals surface area contributed by atoms with Crippen molar-refractivity contribution in [2.75, 3.05) is 29.6 Å². The van der Waals surface area contributed by atoms with E-state index in [0.29, 0.717) is 37.1 Å². The second kappa shape index (κ2) is 11.9. The number of anilines is 1. The number of nitrogens with zero attached hydrogens (tertiary/aromatic N) is 4. The van der Waals surface area contributed by atoms with Crippen LogP contribution in [0.5, 0.6) is 5.75 Å². The third-order valence-corrected chi connectivity index (χ3v) is 9.41. The highest BCUT2D eigenvalue weighted by atomic mass is 32.2. The van der Waals surface area contributed by atoms with Crippen LogP contribution in [0.15, 0.2) is 46.1 Å². The lowest BCUT2D eigenvalue weighted by Gasteiger charge is -2.32. The first-order valence-electron chi connectivity index (χ1n) is 14.3. The Bertz CT molecular complexity index is 1630. The number of carbonyl (C=O) groups excluding carboxylic acids is 2. The van der Waals surface area contributed by atoms with Gasteiger partial charge in [-0.25, -0.2) is 14.2 Å². The Morgan fingerprint density at radius 2 is 1.76 bits per heavy atom. The standard InChI is InChI=1S/C29H33FN6O5S/c30-17-13-21-26(32-14-17)35(20-9-11-42-12-10-20)29(40)36(27(21)38)19-7-5-18(6-8-19)33-25(37)15-34-23-3-1-2-4-24(23)41-16-22(31)28(34)39/h1-4,13-14,18-20,22H,5-12,15-16,31H2,(H,33,37)/t18?,19?,22-/m0/s1. The number of nitrogens with one attached hydrogen (secondary N) is 1. The van der Waals surface area contributed by atoms with Gasteiger partial charge >= 0.3 is 5.69 Å². The molecule has 3 aromatic rings. The molecule has 0 bridgehead atoms. The molecule has 3 aliphatic rings. The van der Waals surface area contributed by atoms with Crippen molar-refractivity contribution in [2.24, 2.45) is 5.73 Å². The third kappa shape index (κ3) is 5.42. The summed E-state index contributed by atoms with van der Waals surface area (Å²) in [5, 5.41) is 3.11. The van der Waals surface area contributed by atoms with Crippen LogP contribution in [0.3, 0.4) is 0 Å². The second-order valence-electron chi connectivity index (χ2n) is 11.1. The maximum absolute atomic E-state index is 14.2. The van der Waals surface area contributed by atoms with E-state index in [9.17, 15) is 23.6 Å². The number of pyridine rings is 1. The largest absolute Gasteiger partial charge is 0.489 e. The van der Waals surface area contributed by atoms with E-state index >= 15 is 0 Å². The molecule has 222 valence electrons. The van der Waals surface area contributed by atoms with Gasteiger partial charge in [-0.1, -0.05) is 12.1 Å². The summed E-state index contributed by atoms with van der Waals surface area (Å²) in [5.74, 6) is 0.931. The van der Waals surface area contributed by atoms with E-state index in [0.717, 1.165) is 30.5 Å². The predicted molar refractivity (Wildman–Crippen MR) is 158 cm³/mol. The molecule has 2 fully saturated rings. The number of hydrogen-bond acceptors (Lipinski definition) is 8. The number of thioether (sulfide) groups is 1. The van der Waals surface area contributed by atoms with Crippen molar-refractivity contribution in [3.05, 3.63) is 63.2 Å². The number of rotatable bonds is 5. The quantitative estimate of drug-likeness (QED) is 0.456. The first kappa shape index (κ1) is 28.4. The molecule has 0 radical (unpaired) electrons. The van der Waals surface area contributed by atoms with Gasteiger partial charge in [0.15, 0.2) is 0 Å². The molecule has 2 aliphatic heterocycles. The van der Waals surface area contributed by atoms with Crippen molar-refractivity contribution in [1.82, 2.24) is 19.4 Å². The Hall–Kier alpha value is -3.71. The highest BCUT2D eigenvalue weighted by molar-refractivity contribution is 7.99. The first-order chi connectivity index (χ1) is 20.3. The molecule has 0 spiro atoms. The molecule has 3 N–H and O–H groups in total. The topological polar surface area (TPSA) is 142 Å². The minimum atomic E-state index is -0.888. The number of nitrogens with two attached hydrogens (primary N) is 1. The van der Waals surface area contributed by atoms with Gasteiger partial charge in [0, 0.05) is 18.1 Å². The molecule has 1 aromatic carbocycles. The van der Waals surface area contributed by atoms with Crippen molar-refractivity contribution in [2.45, 2.75) is 62.7 Å². The Labute approximate surface area is 245 Å². The molecule has 4 heterocycles. The van der Waals surface area contributed by atoms with Crippen LogP contribution in [-0.2, 0) is 9.59 Å². The summed E-state index contributed by atoms with van der Waals surface area (Å²) in [4.78, 5) is 58.8. The third-order valence-electron chi connectivity index (χ3n) is 8.37. The SMILES string of the molecule is N[C@H]1COc2ccccc2N(CC(=O)NC2CCC(n3c(=O)c4cc(F)cnc4n(C4CCSCC4)c3=O)CC2)C1=O. The Morgan fingerprint density at radius 1 is 1.05 bits per heavy atom. The average Bonchev–Trinajstić information content (AvgIpc) is 3.11. The first-order valence-corrected chi connectivity index (χ1v) is 15.5. The van der Waals surface area contributed by atoms with Crippen molar-refractivity contribution in [3.63, 3.8) is 0 Å². The van der Waals surface area contributed by atoms with Crippen molar-refractivity contribution in [3.8, 4) is 5.75 Å². The lowest BCUT2D eigenvalue weighted by molar-refractivity contribution is -0.125. The van der Waals surface area contributed by atoms with E-state index in [1.807, 2.05) is 11.8 Å². The van der Waals surface area contributed by atoms with Crippen LogP contribution in [0.25, 0.3) is 11.0 Å². The molecule has 1 aliphatic carbocycles. The fourth-order valence-corrected chi connectivity index (χ4v) is 7.31. The van der Waals surface area contributed by atoms with E-state index in [1.54, 1.807) is 28.8 Å². The van der Waals surface area contributed by atoms with Crippen molar-refractivity contribution >= 4 is 40.3 Å². The van der Waals surface area contributed by atoms with Crippen LogP contribution < -0.4 is 31.9 Å². The summed E-state index contributed by atoms with van der Waals surface area (Å²) in [6.07, 6.45) is 4.64.